The zero-order valence-electron chi connectivity index (χ0n) is 13.1. The van der Waals surface area contributed by atoms with Gasteiger partial charge in [0.1, 0.15) is 0 Å². The number of rotatable bonds is 7. The van der Waals surface area contributed by atoms with Crippen LogP contribution in [0.2, 0.25) is 0 Å². The van der Waals surface area contributed by atoms with Gasteiger partial charge in [0.15, 0.2) is 6.61 Å². The highest BCUT2D eigenvalue weighted by Gasteiger charge is 2.17. The van der Waals surface area contributed by atoms with Crippen LogP contribution in [0.25, 0.3) is 0 Å². The number of anilines is 1. The highest BCUT2D eigenvalue weighted by atomic mass is 32.2. The van der Waals surface area contributed by atoms with Gasteiger partial charge in [-0.1, -0.05) is 23.9 Å². The number of carbonyl (C=O) groups excluding carboxylic acids is 2. The average Bonchev–Trinajstić information content (AvgIpc) is 2.60. The van der Waals surface area contributed by atoms with Crippen LogP contribution in [0.5, 0.6) is 0 Å². The third-order valence-electron chi connectivity index (χ3n) is 3.02. The van der Waals surface area contributed by atoms with Crippen LogP contribution in [0.4, 0.5) is 20.2 Å². The van der Waals surface area contributed by atoms with E-state index in [9.17, 15) is 28.5 Å². The molecule has 0 atom stereocenters. The summed E-state index contributed by atoms with van der Waals surface area (Å²) in [4.78, 5) is 33.8. The smallest absolute Gasteiger partial charge is 0.339 e. The van der Waals surface area contributed by atoms with E-state index in [1.54, 1.807) is 0 Å². The lowest BCUT2D eigenvalue weighted by atomic mass is 10.2. The summed E-state index contributed by atoms with van der Waals surface area (Å²) >= 11 is 0.204. The van der Waals surface area contributed by atoms with Crippen LogP contribution in [0.1, 0.15) is 10.4 Å². The molecule has 0 aliphatic rings. The van der Waals surface area contributed by atoms with Gasteiger partial charge in [-0.25, -0.2) is 4.79 Å². The molecule has 2 aromatic rings. The molecule has 0 radical (unpaired) electrons. The zero-order valence-corrected chi connectivity index (χ0v) is 13.9. The Labute approximate surface area is 150 Å². The molecule has 1 amide bonds. The van der Waals surface area contributed by atoms with Gasteiger partial charge in [0, 0.05) is 22.7 Å². The Kier molecular flexibility index (Phi) is 6.61. The first-order chi connectivity index (χ1) is 12.4. The Morgan fingerprint density at radius 2 is 1.81 bits per heavy atom. The maximum atomic E-state index is 12.5. The molecule has 0 aliphatic heterocycles. The van der Waals surface area contributed by atoms with Gasteiger partial charge in [0.25, 0.3) is 17.4 Å². The number of hydrogen-bond acceptors (Lipinski definition) is 6. The quantitative estimate of drug-likeness (QED) is 0.339. The number of alkyl halides is 2. The van der Waals surface area contributed by atoms with E-state index in [1.165, 1.54) is 48.5 Å². The lowest BCUT2D eigenvalue weighted by Gasteiger charge is -2.09. The van der Waals surface area contributed by atoms with Crippen molar-refractivity contribution >= 4 is 35.0 Å². The van der Waals surface area contributed by atoms with Crippen LogP contribution in [0, 0.1) is 10.1 Å². The number of amides is 1. The summed E-state index contributed by atoms with van der Waals surface area (Å²) < 4.78 is 29.8. The Morgan fingerprint density at radius 1 is 1.15 bits per heavy atom. The third-order valence-corrected chi connectivity index (χ3v) is 3.81. The Balaban J connectivity index is 1.93. The Hall–Kier alpha value is -3.01. The Bertz CT molecular complexity index is 815. The van der Waals surface area contributed by atoms with Gasteiger partial charge in [-0.2, -0.15) is 8.78 Å². The number of nitrogens with one attached hydrogen (secondary N) is 1. The fraction of sp³-hybridized carbons (Fsp3) is 0.125. The van der Waals surface area contributed by atoms with Gasteiger partial charge < -0.3 is 10.1 Å². The molecule has 0 fully saturated rings. The van der Waals surface area contributed by atoms with Gasteiger partial charge in [-0.3, -0.25) is 14.9 Å². The summed E-state index contributed by atoms with van der Waals surface area (Å²) in [6, 6.07) is 10.7. The van der Waals surface area contributed by atoms with Crippen LogP contribution in [-0.4, -0.2) is 29.2 Å². The number of esters is 1. The van der Waals surface area contributed by atoms with Crippen LogP contribution in [0.15, 0.2) is 53.4 Å². The first-order valence-corrected chi connectivity index (χ1v) is 8.00. The molecular weight excluding hydrogens is 370 g/mol. The summed E-state index contributed by atoms with van der Waals surface area (Å²) in [7, 11) is 0. The molecule has 2 aromatic carbocycles. The number of nitro benzene ring substituents is 1. The van der Waals surface area contributed by atoms with E-state index < -0.39 is 29.2 Å². The summed E-state index contributed by atoms with van der Waals surface area (Å²) in [5.41, 5.74) is 0.0776. The van der Waals surface area contributed by atoms with E-state index in [4.69, 9.17) is 4.74 Å². The predicted octanol–water partition coefficient (Wildman–Crippen LogP) is 3.71. The highest BCUT2D eigenvalue weighted by Crippen LogP contribution is 2.28. The van der Waals surface area contributed by atoms with Gasteiger partial charge in [0.05, 0.1) is 10.5 Å². The molecule has 2 rings (SSSR count). The number of nitrogens with zero attached hydrogens (tertiary/aromatic N) is 1. The van der Waals surface area contributed by atoms with Crippen molar-refractivity contribution in [3.63, 3.8) is 0 Å². The minimum Gasteiger partial charge on any atom is -0.452 e. The monoisotopic (exact) mass is 382 g/mol. The maximum absolute atomic E-state index is 12.5. The van der Waals surface area contributed by atoms with E-state index in [2.05, 4.69) is 5.32 Å². The molecule has 0 unspecified atom stereocenters. The van der Waals surface area contributed by atoms with Crippen molar-refractivity contribution in [3.8, 4) is 0 Å². The van der Waals surface area contributed by atoms with E-state index in [-0.39, 0.29) is 33.6 Å². The second kappa shape index (κ2) is 8.90. The highest BCUT2D eigenvalue weighted by molar-refractivity contribution is 7.99. The molecule has 10 heteroatoms. The molecule has 0 spiro atoms. The minimum absolute atomic E-state index is 0.0447. The number of nitro groups is 1. The number of hydrogen-bond donors (Lipinski definition) is 1. The SMILES string of the molecule is O=C(COC(=O)c1ccccc1SC(F)F)Nc1ccc([N+](=O)[O-])cc1. The van der Waals surface area contributed by atoms with Crippen LogP contribution < -0.4 is 5.32 Å². The first kappa shape index (κ1) is 19.3. The van der Waals surface area contributed by atoms with Gasteiger partial charge in [0.2, 0.25) is 0 Å². The number of carbonyl (C=O) groups is 2. The molecular formula is C16H12F2N2O5S. The van der Waals surface area contributed by atoms with E-state index in [0.717, 1.165) is 0 Å². The molecule has 1 N–H and O–H groups in total. The minimum atomic E-state index is -2.70. The number of thioether (sulfide) groups is 1. The standard InChI is InChI=1S/C16H12F2N2O5S/c17-16(18)26-13-4-2-1-3-12(13)15(22)25-9-14(21)19-10-5-7-11(8-6-10)20(23)24/h1-8,16H,9H2,(H,19,21). The molecule has 7 nitrogen and oxygen atoms in total. The fourth-order valence-electron chi connectivity index (χ4n) is 1.91. The van der Waals surface area contributed by atoms with Crippen molar-refractivity contribution in [2.45, 2.75) is 10.7 Å². The van der Waals surface area contributed by atoms with Crippen molar-refractivity contribution in [3.05, 3.63) is 64.2 Å². The van der Waals surface area contributed by atoms with E-state index in [0.29, 0.717) is 0 Å². The molecule has 0 saturated heterocycles. The van der Waals surface area contributed by atoms with Crippen LogP contribution in [0.3, 0.4) is 0 Å². The first-order valence-electron chi connectivity index (χ1n) is 7.12. The lowest BCUT2D eigenvalue weighted by Crippen LogP contribution is -2.21. The van der Waals surface area contributed by atoms with E-state index in [1.807, 2.05) is 0 Å². The fourth-order valence-corrected chi connectivity index (χ4v) is 2.53. The van der Waals surface area contributed by atoms with Crippen LogP contribution >= 0.6 is 11.8 Å². The van der Waals surface area contributed by atoms with Crippen molar-refractivity contribution in [1.82, 2.24) is 0 Å². The molecule has 0 bridgehead atoms. The normalized spacial score (nSPS) is 10.4. The second-order valence-electron chi connectivity index (χ2n) is 4.80. The molecule has 0 saturated carbocycles. The average molecular weight is 382 g/mol. The molecule has 136 valence electrons. The van der Waals surface area contributed by atoms with Crippen LogP contribution in [-0.2, 0) is 9.53 Å². The zero-order chi connectivity index (χ0) is 19.1. The lowest BCUT2D eigenvalue weighted by molar-refractivity contribution is -0.384. The molecule has 0 aromatic heterocycles. The number of non-ortho nitro benzene ring substituents is 1. The van der Waals surface area contributed by atoms with Crippen molar-refractivity contribution in [1.29, 1.82) is 0 Å². The Morgan fingerprint density at radius 3 is 2.42 bits per heavy atom. The maximum Gasteiger partial charge on any atom is 0.339 e. The number of ether oxygens (including phenoxy) is 1. The third kappa shape index (κ3) is 5.52. The summed E-state index contributed by atoms with van der Waals surface area (Å²) in [6.07, 6.45) is 0. The van der Waals surface area contributed by atoms with Crippen molar-refractivity contribution in [2.24, 2.45) is 0 Å². The second-order valence-corrected chi connectivity index (χ2v) is 5.83. The van der Waals surface area contributed by atoms with Crippen molar-refractivity contribution in [2.75, 3.05) is 11.9 Å². The van der Waals surface area contributed by atoms with Gasteiger partial charge in [-0.05, 0) is 24.3 Å². The number of benzene rings is 2. The summed E-state index contributed by atoms with van der Waals surface area (Å²) in [5, 5.41) is 13.0. The molecule has 26 heavy (non-hydrogen) atoms. The van der Waals surface area contributed by atoms with Gasteiger partial charge in [-0.15, -0.1) is 0 Å². The molecule has 0 heterocycles. The largest absolute Gasteiger partial charge is 0.452 e. The molecule has 0 aliphatic carbocycles. The van der Waals surface area contributed by atoms with E-state index >= 15 is 0 Å². The summed E-state index contributed by atoms with van der Waals surface area (Å²) in [6.45, 7) is -0.635. The van der Waals surface area contributed by atoms with Crippen molar-refractivity contribution < 1.29 is 28.0 Å². The number of halogens is 2. The predicted molar refractivity (Wildman–Crippen MR) is 90.3 cm³/mol. The topological polar surface area (TPSA) is 98.5 Å². The van der Waals surface area contributed by atoms with Gasteiger partial charge >= 0.3 is 5.97 Å². The summed E-state index contributed by atoms with van der Waals surface area (Å²) in [5.74, 6) is -4.28.